The standard InChI is InChI=1S/C42H32N4O4/c1-25-13-17-29(18-14-25)43-31-21-23-33(45-41(49)27-9-5-3-6-10-27)37-35(31)39(47)38-34(46-42(50)28-11-7-4-8-12-28)24-22-32(36(38)40(37)48)44-30-19-15-26(2)16-20-30/h3-24,43-44H,1-2H3,(H,45,49)(H,46,50). The van der Waals surface area contributed by atoms with Gasteiger partial charge in [0.05, 0.1) is 45.0 Å². The number of benzene rings is 6. The molecule has 6 aromatic carbocycles. The Labute approximate surface area is 289 Å². The Bertz CT molecular complexity index is 2120. The van der Waals surface area contributed by atoms with E-state index < -0.39 is 23.4 Å². The third-order valence-electron chi connectivity index (χ3n) is 8.55. The minimum Gasteiger partial charge on any atom is -0.355 e. The molecule has 0 aliphatic heterocycles. The van der Waals surface area contributed by atoms with E-state index in [2.05, 4.69) is 21.3 Å². The Balaban J connectivity index is 1.40. The number of carbonyl (C=O) groups excluding carboxylic acids is 4. The number of aryl methyl sites for hydroxylation is 2. The Morgan fingerprint density at radius 2 is 0.720 bits per heavy atom. The van der Waals surface area contributed by atoms with Gasteiger partial charge in [0.15, 0.2) is 11.6 Å². The van der Waals surface area contributed by atoms with Crippen LogP contribution in [0.3, 0.4) is 0 Å². The molecule has 1 aliphatic carbocycles. The molecule has 50 heavy (non-hydrogen) atoms. The zero-order valence-electron chi connectivity index (χ0n) is 27.3. The van der Waals surface area contributed by atoms with Gasteiger partial charge >= 0.3 is 0 Å². The summed E-state index contributed by atoms with van der Waals surface area (Å²) < 4.78 is 0. The van der Waals surface area contributed by atoms with Gasteiger partial charge in [-0.05, 0) is 86.6 Å². The number of hydrogen-bond acceptors (Lipinski definition) is 6. The predicted octanol–water partition coefficient (Wildman–Crippen LogP) is 9.07. The molecule has 8 heteroatoms. The quantitative estimate of drug-likeness (QED) is 0.130. The van der Waals surface area contributed by atoms with Gasteiger partial charge in [0, 0.05) is 22.5 Å². The summed E-state index contributed by atoms with van der Waals surface area (Å²) in [6, 6.07) is 39.1. The summed E-state index contributed by atoms with van der Waals surface area (Å²) in [6.45, 7) is 3.95. The van der Waals surface area contributed by atoms with Crippen molar-refractivity contribution in [2.75, 3.05) is 21.3 Å². The molecule has 0 heterocycles. The van der Waals surface area contributed by atoms with E-state index in [1.165, 1.54) is 0 Å². The van der Waals surface area contributed by atoms with Crippen molar-refractivity contribution < 1.29 is 19.2 Å². The first-order valence-electron chi connectivity index (χ1n) is 16.1. The van der Waals surface area contributed by atoms with Gasteiger partial charge in [-0.15, -0.1) is 0 Å². The van der Waals surface area contributed by atoms with Gasteiger partial charge in [-0.1, -0.05) is 71.8 Å². The molecular weight excluding hydrogens is 624 g/mol. The zero-order valence-corrected chi connectivity index (χ0v) is 27.3. The van der Waals surface area contributed by atoms with Crippen LogP contribution in [0.4, 0.5) is 34.1 Å². The van der Waals surface area contributed by atoms with Crippen LogP contribution in [-0.2, 0) is 0 Å². The van der Waals surface area contributed by atoms with Crippen molar-refractivity contribution in [2.45, 2.75) is 13.8 Å². The first-order chi connectivity index (χ1) is 24.3. The molecule has 0 radical (unpaired) electrons. The first-order valence-corrected chi connectivity index (χ1v) is 16.1. The molecule has 2 amide bonds. The van der Waals surface area contributed by atoms with Gasteiger partial charge in [-0.3, -0.25) is 19.2 Å². The molecule has 0 bridgehead atoms. The molecule has 1 aliphatic rings. The Hall–Kier alpha value is -6.80. The lowest BCUT2D eigenvalue weighted by atomic mass is 9.80. The van der Waals surface area contributed by atoms with Crippen LogP contribution < -0.4 is 21.3 Å². The summed E-state index contributed by atoms with van der Waals surface area (Å²) in [4.78, 5) is 56.7. The normalized spacial score (nSPS) is 11.6. The summed E-state index contributed by atoms with van der Waals surface area (Å²) in [5.74, 6) is -1.84. The number of amides is 2. The Morgan fingerprint density at radius 1 is 0.400 bits per heavy atom. The maximum absolute atomic E-state index is 14.9. The van der Waals surface area contributed by atoms with Crippen molar-refractivity contribution in [3.05, 3.63) is 178 Å². The number of carbonyl (C=O) groups is 4. The van der Waals surface area contributed by atoms with Crippen LogP contribution in [0.2, 0.25) is 0 Å². The van der Waals surface area contributed by atoms with E-state index in [1.54, 1.807) is 84.9 Å². The van der Waals surface area contributed by atoms with E-state index in [0.717, 1.165) is 11.1 Å². The van der Waals surface area contributed by atoms with E-state index >= 15 is 0 Å². The topological polar surface area (TPSA) is 116 Å². The lowest BCUT2D eigenvalue weighted by Gasteiger charge is -2.27. The van der Waals surface area contributed by atoms with Gasteiger partial charge in [0.1, 0.15) is 0 Å². The highest BCUT2D eigenvalue weighted by Crippen LogP contribution is 2.43. The summed E-state index contributed by atoms with van der Waals surface area (Å²) in [6.07, 6.45) is 0. The lowest BCUT2D eigenvalue weighted by Crippen LogP contribution is -2.28. The second-order valence-corrected chi connectivity index (χ2v) is 12.1. The van der Waals surface area contributed by atoms with Gasteiger partial charge < -0.3 is 21.3 Å². The zero-order chi connectivity index (χ0) is 34.8. The number of rotatable bonds is 8. The molecule has 0 fully saturated rings. The van der Waals surface area contributed by atoms with E-state index in [-0.39, 0.29) is 33.6 Å². The molecule has 0 atom stereocenters. The lowest BCUT2D eigenvalue weighted by molar-refractivity contribution is 0.0978. The van der Waals surface area contributed by atoms with Gasteiger partial charge in [-0.2, -0.15) is 0 Å². The van der Waals surface area contributed by atoms with E-state index in [9.17, 15) is 19.2 Å². The van der Waals surface area contributed by atoms with Crippen LogP contribution in [0.1, 0.15) is 63.7 Å². The Kier molecular flexibility index (Phi) is 8.50. The average molecular weight is 657 g/mol. The smallest absolute Gasteiger partial charge is 0.255 e. The number of ketones is 2. The van der Waals surface area contributed by atoms with Gasteiger partial charge in [0.25, 0.3) is 11.8 Å². The molecule has 6 aromatic rings. The third-order valence-corrected chi connectivity index (χ3v) is 8.55. The SMILES string of the molecule is Cc1ccc(Nc2ccc(NC(=O)c3ccccc3)c3c2C(=O)c2c(NC(=O)c4ccccc4)ccc(Nc4ccc(C)cc4)c2C3=O)cc1. The van der Waals surface area contributed by atoms with Crippen molar-refractivity contribution in [3.63, 3.8) is 0 Å². The maximum atomic E-state index is 14.9. The number of hydrogen-bond donors (Lipinski definition) is 4. The highest BCUT2D eigenvalue weighted by atomic mass is 16.2. The second kappa shape index (κ2) is 13.4. The van der Waals surface area contributed by atoms with Crippen molar-refractivity contribution in [2.24, 2.45) is 0 Å². The molecule has 0 aromatic heterocycles. The van der Waals surface area contributed by atoms with Gasteiger partial charge in [0.2, 0.25) is 0 Å². The molecule has 0 spiro atoms. The number of anilines is 6. The fraction of sp³-hybridized carbons (Fsp3) is 0.0476. The monoisotopic (exact) mass is 656 g/mol. The molecule has 7 rings (SSSR count). The van der Waals surface area contributed by atoms with Crippen molar-refractivity contribution >= 4 is 57.5 Å². The van der Waals surface area contributed by atoms with Crippen molar-refractivity contribution in [1.82, 2.24) is 0 Å². The van der Waals surface area contributed by atoms with E-state index in [0.29, 0.717) is 33.9 Å². The summed E-state index contributed by atoms with van der Waals surface area (Å²) in [5.41, 5.74) is 5.70. The highest BCUT2D eigenvalue weighted by Gasteiger charge is 2.38. The van der Waals surface area contributed by atoms with Crippen LogP contribution in [0.5, 0.6) is 0 Å². The van der Waals surface area contributed by atoms with Gasteiger partial charge in [-0.25, -0.2) is 0 Å². The summed E-state index contributed by atoms with van der Waals surface area (Å²) in [5, 5.41) is 12.4. The number of fused-ring (bicyclic) bond motifs is 2. The predicted molar refractivity (Wildman–Crippen MR) is 197 cm³/mol. The summed E-state index contributed by atoms with van der Waals surface area (Å²) in [7, 11) is 0. The molecule has 0 saturated carbocycles. The molecule has 244 valence electrons. The van der Waals surface area contributed by atoms with Crippen molar-refractivity contribution in [3.8, 4) is 0 Å². The number of nitrogens with one attached hydrogen (secondary N) is 4. The minimum absolute atomic E-state index is 0.0439. The second-order valence-electron chi connectivity index (χ2n) is 12.1. The van der Waals surface area contributed by atoms with E-state index in [1.807, 2.05) is 62.4 Å². The fourth-order valence-corrected chi connectivity index (χ4v) is 5.97. The minimum atomic E-state index is -0.490. The fourth-order valence-electron chi connectivity index (χ4n) is 5.97. The maximum Gasteiger partial charge on any atom is 0.255 e. The van der Waals surface area contributed by atoms with Crippen molar-refractivity contribution in [1.29, 1.82) is 0 Å². The summed E-state index contributed by atoms with van der Waals surface area (Å²) >= 11 is 0. The molecule has 8 nitrogen and oxygen atoms in total. The van der Waals surface area contributed by atoms with Crippen LogP contribution >= 0.6 is 0 Å². The molecule has 0 saturated heterocycles. The average Bonchev–Trinajstić information content (AvgIpc) is 3.14. The van der Waals surface area contributed by atoms with Crippen LogP contribution in [0.15, 0.2) is 133 Å². The first kappa shape index (κ1) is 31.8. The molecular formula is C42H32N4O4. The van der Waals surface area contributed by atoms with E-state index in [4.69, 9.17) is 0 Å². The molecule has 4 N–H and O–H groups in total. The third kappa shape index (κ3) is 6.25. The van der Waals surface area contributed by atoms with Crippen LogP contribution in [0.25, 0.3) is 0 Å². The highest BCUT2D eigenvalue weighted by molar-refractivity contribution is 6.36. The van der Waals surface area contributed by atoms with Crippen LogP contribution in [-0.4, -0.2) is 23.4 Å². The largest absolute Gasteiger partial charge is 0.355 e. The Morgan fingerprint density at radius 3 is 1.08 bits per heavy atom. The molecule has 0 unspecified atom stereocenters. The van der Waals surface area contributed by atoms with Crippen LogP contribution in [0, 0.1) is 13.8 Å².